The van der Waals surface area contributed by atoms with Crippen LogP contribution in [-0.2, 0) is 11.2 Å². The molecule has 1 aliphatic heterocycles. The number of benzene rings is 1. The van der Waals surface area contributed by atoms with Crippen molar-refractivity contribution >= 4 is 17.3 Å². The standard InChI is InChI=1S/C20H20F2N6O/c1-12(2)20-24-23-18-8-6-14(25-28(18)20)11-17(26-27-9-3-4-19(27)29)15-7-5-13(21)10-16(15)22/h5-8,10,12H,3-4,9,11H2,1-2H3/b26-17+. The quantitative estimate of drug-likeness (QED) is 0.619. The molecule has 0 unspecified atom stereocenters. The molecule has 7 nitrogen and oxygen atoms in total. The molecule has 1 amide bonds. The Morgan fingerprint density at radius 3 is 2.72 bits per heavy atom. The Morgan fingerprint density at radius 1 is 1.21 bits per heavy atom. The number of nitrogens with zero attached hydrogens (tertiary/aromatic N) is 6. The Bertz CT molecular complexity index is 1110. The van der Waals surface area contributed by atoms with Crippen molar-refractivity contribution in [3.63, 3.8) is 0 Å². The number of rotatable bonds is 5. The first kappa shape index (κ1) is 19.1. The van der Waals surface area contributed by atoms with Gasteiger partial charge in [-0.15, -0.1) is 10.2 Å². The van der Waals surface area contributed by atoms with Crippen molar-refractivity contribution in [2.45, 2.75) is 39.0 Å². The van der Waals surface area contributed by atoms with Gasteiger partial charge in [0.1, 0.15) is 11.6 Å². The Kier molecular flexibility index (Phi) is 5.04. The normalized spacial score (nSPS) is 15.1. The van der Waals surface area contributed by atoms with E-state index in [4.69, 9.17) is 0 Å². The van der Waals surface area contributed by atoms with E-state index in [0.717, 1.165) is 6.07 Å². The number of aromatic nitrogens is 4. The smallest absolute Gasteiger partial charge is 0.242 e. The lowest BCUT2D eigenvalue weighted by atomic mass is 10.0. The largest absolute Gasteiger partial charge is 0.273 e. The first-order chi connectivity index (χ1) is 13.9. The number of halogens is 2. The Balaban J connectivity index is 1.75. The number of amides is 1. The molecule has 2 aromatic heterocycles. The molecule has 9 heteroatoms. The van der Waals surface area contributed by atoms with E-state index in [1.165, 1.54) is 17.1 Å². The van der Waals surface area contributed by atoms with Gasteiger partial charge in [-0.1, -0.05) is 13.8 Å². The fourth-order valence-corrected chi connectivity index (χ4v) is 3.26. The summed E-state index contributed by atoms with van der Waals surface area (Å²) in [4.78, 5) is 12.0. The highest BCUT2D eigenvalue weighted by Crippen LogP contribution is 2.18. The maximum atomic E-state index is 14.5. The van der Waals surface area contributed by atoms with Crippen LogP contribution >= 0.6 is 0 Å². The van der Waals surface area contributed by atoms with Crippen LogP contribution in [0.4, 0.5) is 8.78 Å². The van der Waals surface area contributed by atoms with Crippen LogP contribution in [0.15, 0.2) is 35.4 Å². The third-order valence-corrected chi connectivity index (χ3v) is 4.74. The summed E-state index contributed by atoms with van der Waals surface area (Å²) in [5.41, 5.74) is 1.66. The van der Waals surface area contributed by atoms with Crippen molar-refractivity contribution in [3.05, 3.63) is 59.0 Å². The molecule has 0 radical (unpaired) electrons. The fraction of sp³-hybridized carbons (Fsp3) is 0.350. The van der Waals surface area contributed by atoms with Crippen molar-refractivity contribution < 1.29 is 13.6 Å². The third kappa shape index (κ3) is 3.85. The van der Waals surface area contributed by atoms with Gasteiger partial charge in [0.25, 0.3) is 0 Å². The fourth-order valence-electron chi connectivity index (χ4n) is 3.26. The molecule has 0 aliphatic carbocycles. The number of hydrogen-bond donors (Lipinski definition) is 0. The van der Waals surface area contributed by atoms with Gasteiger partial charge in [0.05, 0.1) is 11.4 Å². The Hall–Kier alpha value is -3.23. The van der Waals surface area contributed by atoms with E-state index in [-0.39, 0.29) is 23.8 Å². The maximum absolute atomic E-state index is 14.5. The molecule has 0 bridgehead atoms. The Labute approximate surface area is 166 Å². The van der Waals surface area contributed by atoms with Gasteiger partial charge in [-0.2, -0.15) is 14.7 Å². The average molecular weight is 398 g/mol. The minimum absolute atomic E-state index is 0.116. The van der Waals surface area contributed by atoms with Crippen molar-refractivity contribution in [1.82, 2.24) is 24.8 Å². The second-order valence-electron chi connectivity index (χ2n) is 7.28. The van der Waals surface area contributed by atoms with E-state index in [1.807, 2.05) is 13.8 Å². The van der Waals surface area contributed by atoms with Crippen molar-refractivity contribution in [2.24, 2.45) is 5.10 Å². The highest BCUT2D eigenvalue weighted by atomic mass is 19.1. The lowest BCUT2D eigenvalue weighted by Crippen LogP contribution is -2.22. The molecule has 1 aliphatic rings. The van der Waals surface area contributed by atoms with E-state index in [0.29, 0.717) is 42.3 Å². The molecule has 29 heavy (non-hydrogen) atoms. The van der Waals surface area contributed by atoms with Crippen molar-refractivity contribution in [3.8, 4) is 0 Å². The molecule has 3 aromatic rings. The van der Waals surface area contributed by atoms with Crippen LogP contribution in [0, 0.1) is 11.6 Å². The monoisotopic (exact) mass is 398 g/mol. The van der Waals surface area contributed by atoms with Gasteiger partial charge in [0, 0.05) is 36.9 Å². The Morgan fingerprint density at radius 2 is 2.03 bits per heavy atom. The van der Waals surface area contributed by atoms with Crippen LogP contribution in [-0.4, -0.2) is 43.0 Å². The summed E-state index contributed by atoms with van der Waals surface area (Å²) in [7, 11) is 0. The zero-order chi connectivity index (χ0) is 20.5. The number of hydrazone groups is 1. The van der Waals surface area contributed by atoms with Gasteiger partial charge in [0.2, 0.25) is 5.91 Å². The molecule has 0 atom stereocenters. The maximum Gasteiger partial charge on any atom is 0.242 e. The average Bonchev–Trinajstić information content (AvgIpc) is 3.27. The summed E-state index contributed by atoms with van der Waals surface area (Å²) in [5.74, 6) is -0.688. The molecule has 150 valence electrons. The van der Waals surface area contributed by atoms with E-state index < -0.39 is 11.6 Å². The summed E-state index contributed by atoms with van der Waals surface area (Å²) in [6.07, 6.45) is 1.27. The second-order valence-corrected chi connectivity index (χ2v) is 7.28. The van der Waals surface area contributed by atoms with E-state index >= 15 is 0 Å². The topological polar surface area (TPSA) is 75.8 Å². The predicted molar refractivity (Wildman–Crippen MR) is 102 cm³/mol. The van der Waals surface area contributed by atoms with Crippen molar-refractivity contribution in [1.29, 1.82) is 0 Å². The van der Waals surface area contributed by atoms with Crippen LogP contribution in [0.3, 0.4) is 0 Å². The summed E-state index contributed by atoms with van der Waals surface area (Å²) < 4.78 is 29.5. The minimum Gasteiger partial charge on any atom is -0.273 e. The van der Waals surface area contributed by atoms with Crippen molar-refractivity contribution in [2.75, 3.05) is 6.54 Å². The minimum atomic E-state index is -0.733. The number of carbonyl (C=O) groups excluding carboxylic acids is 1. The highest BCUT2D eigenvalue weighted by Gasteiger charge is 2.22. The molecule has 4 rings (SSSR count). The van der Waals surface area contributed by atoms with Crippen LogP contribution in [0.2, 0.25) is 0 Å². The molecule has 3 heterocycles. The molecule has 1 aromatic carbocycles. The number of hydrogen-bond acceptors (Lipinski definition) is 5. The lowest BCUT2D eigenvalue weighted by Gasteiger charge is -2.14. The molecule has 0 N–H and O–H groups in total. The summed E-state index contributed by atoms with van der Waals surface area (Å²) in [5, 5.41) is 18.6. The number of carbonyl (C=O) groups is 1. The molecular weight excluding hydrogens is 378 g/mol. The van der Waals surface area contributed by atoms with Gasteiger partial charge in [0.15, 0.2) is 11.5 Å². The molecule has 1 saturated heterocycles. The predicted octanol–water partition coefficient (Wildman–Crippen LogP) is 3.10. The van der Waals surface area contributed by atoms with Crippen LogP contribution in [0.5, 0.6) is 0 Å². The van der Waals surface area contributed by atoms with Gasteiger partial charge in [-0.25, -0.2) is 13.8 Å². The first-order valence-electron chi connectivity index (χ1n) is 9.47. The molecular formula is C20H20F2N6O. The second kappa shape index (κ2) is 7.65. The van der Waals surface area contributed by atoms with Crippen LogP contribution in [0.1, 0.15) is 49.7 Å². The van der Waals surface area contributed by atoms with E-state index in [2.05, 4.69) is 20.4 Å². The zero-order valence-electron chi connectivity index (χ0n) is 16.1. The van der Waals surface area contributed by atoms with Crippen LogP contribution in [0.25, 0.3) is 5.65 Å². The highest BCUT2D eigenvalue weighted by molar-refractivity contribution is 6.02. The first-order valence-corrected chi connectivity index (χ1v) is 9.47. The van der Waals surface area contributed by atoms with Gasteiger partial charge < -0.3 is 0 Å². The zero-order valence-corrected chi connectivity index (χ0v) is 16.1. The molecule has 0 spiro atoms. The summed E-state index contributed by atoms with van der Waals surface area (Å²) in [6, 6.07) is 6.86. The van der Waals surface area contributed by atoms with Gasteiger partial charge >= 0.3 is 0 Å². The molecule has 1 fully saturated rings. The summed E-state index contributed by atoms with van der Waals surface area (Å²) in [6.45, 7) is 4.45. The SMILES string of the molecule is CC(C)c1nnc2ccc(C/C(=N\N3CCCC3=O)c3ccc(F)cc3F)nn12. The third-order valence-electron chi connectivity index (χ3n) is 4.74. The lowest BCUT2D eigenvalue weighted by molar-refractivity contribution is -0.127. The number of fused-ring (bicyclic) bond motifs is 1. The molecule has 0 saturated carbocycles. The van der Waals surface area contributed by atoms with E-state index in [1.54, 1.807) is 16.6 Å². The van der Waals surface area contributed by atoms with Gasteiger partial charge in [-0.05, 0) is 30.7 Å². The van der Waals surface area contributed by atoms with Crippen LogP contribution < -0.4 is 0 Å². The van der Waals surface area contributed by atoms with E-state index in [9.17, 15) is 13.6 Å². The van der Waals surface area contributed by atoms with Gasteiger partial charge in [-0.3, -0.25) is 4.79 Å². The summed E-state index contributed by atoms with van der Waals surface area (Å²) >= 11 is 0.